The van der Waals surface area contributed by atoms with Gasteiger partial charge in [0.25, 0.3) is 0 Å². The van der Waals surface area contributed by atoms with Crippen LogP contribution in [0.3, 0.4) is 0 Å². The van der Waals surface area contributed by atoms with Crippen LogP contribution in [-0.2, 0) is 14.3 Å². The van der Waals surface area contributed by atoms with Gasteiger partial charge in [-0.3, -0.25) is 4.79 Å². The van der Waals surface area contributed by atoms with Crippen LogP contribution < -0.4 is 0 Å². The molecule has 0 bridgehead atoms. The predicted molar refractivity (Wildman–Crippen MR) is 51.8 cm³/mol. The van der Waals surface area contributed by atoms with E-state index in [2.05, 4.69) is 0 Å². The van der Waals surface area contributed by atoms with Gasteiger partial charge in [0.2, 0.25) is 0 Å². The fourth-order valence-electron chi connectivity index (χ4n) is 1.12. The second-order valence-corrected chi connectivity index (χ2v) is 3.46. The summed E-state index contributed by atoms with van der Waals surface area (Å²) in [7, 11) is 1.64. The number of ketones is 1. The summed E-state index contributed by atoms with van der Waals surface area (Å²) < 4.78 is 10.2. The largest absolute Gasteiger partial charge is 0.385 e. The highest BCUT2D eigenvalue weighted by molar-refractivity contribution is 5.86. The second-order valence-electron chi connectivity index (χ2n) is 3.46. The van der Waals surface area contributed by atoms with E-state index in [1.54, 1.807) is 7.11 Å². The molecule has 3 heteroatoms. The number of hydrogen-bond acceptors (Lipinski definition) is 3. The molecule has 0 rings (SSSR count). The summed E-state index contributed by atoms with van der Waals surface area (Å²) in [5.74, 6) is 0.145. The van der Waals surface area contributed by atoms with E-state index in [0.29, 0.717) is 19.6 Å². The maximum Gasteiger partial charge on any atom is 0.164 e. The van der Waals surface area contributed by atoms with Gasteiger partial charge in [0.05, 0.1) is 0 Å². The van der Waals surface area contributed by atoms with Gasteiger partial charge in [0.1, 0.15) is 5.60 Å². The standard InChI is InChI=1S/C10H20O3/c1-5-13-10(2,3)9(11)7-6-8-12-4/h5-8H2,1-4H3. The molecule has 3 nitrogen and oxygen atoms in total. The van der Waals surface area contributed by atoms with Gasteiger partial charge < -0.3 is 9.47 Å². The van der Waals surface area contributed by atoms with Crippen LogP contribution in [0.15, 0.2) is 0 Å². The van der Waals surface area contributed by atoms with Crippen LogP contribution >= 0.6 is 0 Å². The smallest absolute Gasteiger partial charge is 0.164 e. The topological polar surface area (TPSA) is 35.5 Å². The number of carbonyl (C=O) groups excluding carboxylic acids is 1. The summed E-state index contributed by atoms with van der Waals surface area (Å²) in [5, 5.41) is 0. The third-order valence-electron chi connectivity index (χ3n) is 1.93. The lowest BCUT2D eigenvalue weighted by atomic mass is 9.99. The van der Waals surface area contributed by atoms with E-state index >= 15 is 0 Å². The molecule has 0 amide bonds. The monoisotopic (exact) mass is 188 g/mol. The third kappa shape index (κ3) is 5.01. The van der Waals surface area contributed by atoms with Gasteiger partial charge in [-0.1, -0.05) is 0 Å². The number of Topliss-reactive ketones (excluding diaryl/α,β-unsaturated/α-hetero) is 1. The van der Waals surface area contributed by atoms with Crippen molar-refractivity contribution in [3.05, 3.63) is 0 Å². The highest BCUT2D eigenvalue weighted by atomic mass is 16.5. The SMILES string of the molecule is CCOC(C)(C)C(=O)CCCOC. The van der Waals surface area contributed by atoms with Crippen molar-refractivity contribution in [1.29, 1.82) is 0 Å². The molecular weight excluding hydrogens is 168 g/mol. The predicted octanol–water partition coefficient (Wildman–Crippen LogP) is 1.80. The molecule has 0 heterocycles. The maximum atomic E-state index is 11.5. The van der Waals surface area contributed by atoms with E-state index in [-0.39, 0.29) is 5.78 Å². The molecule has 0 unspecified atom stereocenters. The molecule has 0 spiro atoms. The van der Waals surface area contributed by atoms with Gasteiger partial charge in [-0.25, -0.2) is 0 Å². The van der Waals surface area contributed by atoms with Crippen LogP contribution in [0.1, 0.15) is 33.6 Å². The molecule has 0 aromatic rings. The number of hydrogen-bond donors (Lipinski definition) is 0. The van der Waals surface area contributed by atoms with Crippen molar-refractivity contribution in [2.45, 2.75) is 39.2 Å². The zero-order chi connectivity index (χ0) is 10.3. The van der Waals surface area contributed by atoms with Gasteiger partial charge in [-0.2, -0.15) is 0 Å². The Bertz CT molecular complexity index is 152. The van der Waals surface area contributed by atoms with E-state index in [9.17, 15) is 4.79 Å². The minimum Gasteiger partial charge on any atom is -0.385 e. The van der Waals surface area contributed by atoms with Crippen LogP contribution in [0.25, 0.3) is 0 Å². The van der Waals surface area contributed by atoms with Crippen LogP contribution in [0.2, 0.25) is 0 Å². The van der Waals surface area contributed by atoms with Crippen molar-refractivity contribution < 1.29 is 14.3 Å². The summed E-state index contributed by atoms with van der Waals surface area (Å²) in [6.45, 7) is 6.72. The van der Waals surface area contributed by atoms with Crippen LogP contribution in [0, 0.1) is 0 Å². The molecule has 0 atom stereocenters. The minimum atomic E-state index is -0.636. The molecule has 0 saturated heterocycles. The fraction of sp³-hybridized carbons (Fsp3) is 0.900. The Morgan fingerprint density at radius 2 is 2.00 bits per heavy atom. The molecule has 13 heavy (non-hydrogen) atoms. The third-order valence-corrected chi connectivity index (χ3v) is 1.93. The van der Waals surface area contributed by atoms with Crippen LogP contribution in [-0.4, -0.2) is 31.7 Å². The fourth-order valence-corrected chi connectivity index (χ4v) is 1.12. The molecular formula is C10H20O3. The molecule has 0 aromatic carbocycles. The number of ether oxygens (including phenoxy) is 2. The van der Waals surface area contributed by atoms with E-state index in [4.69, 9.17) is 9.47 Å². The molecule has 0 saturated carbocycles. The molecule has 0 aliphatic rings. The Morgan fingerprint density at radius 1 is 1.38 bits per heavy atom. The van der Waals surface area contributed by atoms with E-state index < -0.39 is 5.60 Å². The van der Waals surface area contributed by atoms with Gasteiger partial charge in [-0.05, 0) is 27.2 Å². The molecule has 78 valence electrons. The van der Waals surface area contributed by atoms with Crippen molar-refractivity contribution >= 4 is 5.78 Å². The van der Waals surface area contributed by atoms with Crippen LogP contribution in [0.4, 0.5) is 0 Å². The maximum absolute atomic E-state index is 11.5. The lowest BCUT2D eigenvalue weighted by Gasteiger charge is -2.22. The summed E-state index contributed by atoms with van der Waals surface area (Å²) in [5.41, 5.74) is -0.636. The quantitative estimate of drug-likeness (QED) is 0.571. The Labute approximate surface area is 80.4 Å². The number of carbonyl (C=O) groups is 1. The average molecular weight is 188 g/mol. The molecule has 0 fully saturated rings. The van der Waals surface area contributed by atoms with Crippen LogP contribution in [0.5, 0.6) is 0 Å². The summed E-state index contributed by atoms with van der Waals surface area (Å²) in [6.07, 6.45) is 1.30. The first-order chi connectivity index (χ1) is 6.04. The van der Waals surface area contributed by atoms with E-state index in [1.807, 2.05) is 20.8 Å². The first-order valence-electron chi connectivity index (χ1n) is 4.70. The Morgan fingerprint density at radius 3 is 2.46 bits per heavy atom. The Hall–Kier alpha value is -0.410. The second kappa shape index (κ2) is 6.11. The van der Waals surface area contributed by atoms with Gasteiger partial charge >= 0.3 is 0 Å². The molecule has 0 radical (unpaired) electrons. The van der Waals surface area contributed by atoms with Gasteiger partial charge in [-0.15, -0.1) is 0 Å². The molecule has 0 aliphatic carbocycles. The molecule has 0 N–H and O–H groups in total. The Balaban J connectivity index is 3.80. The van der Waals surface area contributed by atoms with Gasteiger partial charge in [0, 0.05) is 26.7 Å². The first-order valence-corrected chi connectivity index (χ1v) is 4.70. The van der Waals surface area contributed by atoms with Crippen molar-refractivity contribution in [3.63, 3.8) is 0 Å². The van der Waals surface area contributed by atoms with Crippen molar-refractivity contribution in [1.82, 2.24) is 0 Å². The normalized spacial score (nSPS) is 11.7. The van der Waals surface area contributed by atoms with E-state index in [1.165, 1.54) is 0 Å². The number of methoxy groups -OCH3 is 1. The van der Waals surface area contributed by atoms with Crippen molar-refractivity contribution in [2.75, 3.05) is 20.3 Å². The van der Waals surface area contributed by atoms with E-state index in [0.717, 1.165) is 6.42 Å². The Kier molecular flexibility index (Phi) is 5.91. The average Bonchev–Trinajstić information content (AvgIpc) is 2.04. The highest BCUT2D eigenvalue weighted by Gasteiger charge is 2.26. The molecule has 0 aliphatic heterocycles. The lowest BCUT2D eigenvalue weighted by Crippen LogP contribution is -2.35. The van der Waals surface area contributed by atoms with Gasteiger partial charge in [0.15, 0.2) is 5.78 Å². The van der Waals surface area contributed by atoms with Crippen molar-refractivity contribution in [2.24, 2.45) is 0 Å². The lowest BCUT2D eigenvalue weighted by molar-refractivity contribution is -0.140. The summed E-state index contributed by atoms with van der Waals surface area (Å²) in [6, 6.07) is 0. The minimum absolute atomic E-state index is 0.145. The number of rotatable bonds is 7. The zero-order valence-corrected chi connectivity index (χ0v) is 9.05. The van der Waals surface area contributed by atoms with Crippen molar-refractivity contribution in [3.8, 4) is 0 Å². The highest BCUT2D eigenvalue weighted by Crippen LogP contribution is 2.13. The zero-order valence-electron chi connectivity index (χ0n) is 9.05. The first kappa shape index (κ1) is 12.6. The summed E-state index contributed by atoms with van der Waals surface area (Å²) in [4.78, 5) is 11.5. The molecule has 0 aromatic heterocycles. The summed E-state index contributed by atoms with van der Waals surface area (Å²) >= 11 is 0.